The third kappa shape index (κ3) is 3.77. The van der Waals surface area contributed by atoms with Crippen LogP contribution in [0.15, 0.2) is 36.4 Å². The monoisotopic (exact) mass is 370 g/mol. The van der Waals surface area contributed by atoms with E-state index in [2.05, 4.69) is 0 Å². The number of piperazine rings is 1. The standard InChI is InChI=1S/C19H19FN4O3/c1-2-27-18-5-3-4-17(19(18)24(25)26)23-10-8-22(9-11-23)16-7-6-14(13-21)12-15(16)20/h3-7,12H,2,8-11H2,1H3. The molecule has 3 rings (SSSR count). The Kier molecular flexibility index (Phi) is 5.41. The predicted molar refractivity (Wildman–Crippen MR) is 99.8 cm³/mol. The lowest BCUT2D eigenvalue weighted by atomic mass is 10.1. The van der Waals surface area contributed by atoms with Gasteiger partial charge in [-0.2, -0.15) is 5.26 Å². The maximum Gasteiger partial charge on any atom is 0.333 e. The van der Waals surface area contributed by atoms with Crippen LogP contribution in [0, 0.1) is 27.3 Å². The first-order valence-corrected chi connectivity index (χ1v) is 8.65. The summed E-state index contributed by atoms with van der Waals surface area (Å²) in [5.74, 6) is -0.188. The van der Waals surface area contributed by atoms with Gasteiger partial charge in [0.25, 0.3) is 0 Å². The number of nitro benzene ring substituents is 1. The second-order valence-corrected chi connectivity index (χ2v) is 6.07. The summed E-state index contributed by atoms with van der Waals surface area (Å²) in [5.41, 5.74) is 1.17. The van der Waals surface area contributed by atoms with Crippen LogP contribution in [0.2, 0.25) is 0 Å². The van der Waals surface area contributed by atoms with E-state index in [-0.39, 0.29) is 17.0 Å². The number of nitrogens with zero attached hydrogens (tertiary/aromatic N) is 4. The Hall–Kier alpha value is -3.34. The average molecular weight is 370 g/mol. The van der Waals surface area contributed by atoms with Crippen LogP contribution in [0.1, 0.15) is 12.5 Å². The number of rotatable bonds is 5. The predicted octanol–water partition coefficient (Wildman–Crippen LogP) is 3.33. The minimum atomic E-state index is -0.438. The third-order valence-corrected chi connectivity index (χ3v) is 4.50. The number of hydrogen-bond donors (Lipinski definition) is 0. The van der Waals surface area contributed by atoms with Crippen LogP contribution < -0.4 is 14.5 Å². The number of anilines is 2. The van der Waals surface area contributed by atoms with Crippen LogP contribution in [0.5, 0.6) is 5.75 Å². The second kappa shape index (κ2) is 7.91. The maximum absolute atomic E-state index is 14.2. The topological polar surface area (TPSA) is 82.6 Å². The van der Waals surface area contributed by atoms with Gasteiger partial charge in [0, 0.05) is 26.2 Å². The van der Waals surface area contributed by atoms with Crippen LogP contribution in [0.4, 0.5) is 21.5 Å². The molecule has 0 aromatic heterocycles. The molecule has 0 saturated carbocycles. The van der Waals surface area contributed by atoms with Crippen molar-refractivity contribution in [2.24, 2.45) is 0 Å². The van der Waals surface area contributed by atoms with E-state index in [0.717, 1.165) is 0 Å². The second-order valence-electron chi connectivity index (χ2n) is 6.07. The molecule has 0 amide bonds. The van der Waals surface area contributed by atoms with E-state index in [1.807, 2.05) is 15.9 Å². The van der Waals surface area contributed by atoms with Crippen LogP contribution in [0.3, 0.4) is 0 Å². The van der Waals surface area contributed by atoms with Gasteiger partial charge < -0.3 is 14.5 Å². The molecule has 1 saturated heterocycles. The van der Waals surface area contributed by atoms with E-state index < -0.39 is 10.7 Å². The van der Waals surface area contributed by atoms with Crippen molar-refractivity contribution in [2.75, 3.05) is 42.6 Å². The Morgan fingerprint density at radius 2 is 1.85 bits per heavy atom. The number of para-hydroxylation sites is 1. The van der Waals surface area contributed by atoms with Crippen molar-refractivity contribution in [2.45, 2.75) is 6.92 Å². The van der Waals surface area contributed by atoms with E-state index in [4.69, 9.17) is 10.00 Å². The zero-order valence-corrected chi connectivity index (χ0v) is 14.9. The van der Waals surface area contributed by atoms with Crippen molar-refractivity contribution in [1.82, 2.24) is 0 Å². The molecule has 0 spiro atoms. The van der Waals surface area contributed by atoms with Gasteiger partial charge in [-0.15, -0.1) is 0 Å². The summed E-state index contributed by atoms with van der Waals surface area (Å²) in [6.07, 6.45) is 0. The van der Waals surface area contributed by atoms with Crippen molar-refractivity contribution in [3.8, 4) is 11.8 Å². The Bertz CT molecular complexity index is 889. The van der Waals surface area contributed by atoms with Crippen LogP contribution in [-0.4, -0.2) is 37.7 Å². The molecule has 0 radical (unpaired) electrons. The normalized spacial score (nSPS) is 14.0. The largest absolute Gasteiger partial charge is 0.487 e. The number of nitro groups is 1. The number of benzene rings is 2. The Morgan fingerprint density at radius 3 is 2.41 bits per heavy atom. The summed E-state index contributed by atoms with van der Waals surface area (Å²) in [6.45, 7) is 4.17. The molecule has 0 atom stereocenters. The molecule has 140 valence electrons. The SMILES string of the molecule is CCOc1cccc(N2CCN(c3ccc(C#N)cc3F)CC2)c1[N+](=O)[O-]. The molecule has 0 aliphatic carbocycles. The molecule has 27 heavy (non-hydrogen) atoms. The van der Waals surface area contributed by atoms with Gasteiger partial charge in [-0.25, -0.2) is 4.39 Å². The molecule has 2 aromatic rings. The Morgan fingerprint density at radius 1 is 1.19 bits per heavy atom. The highest BCUT2D eigenvalue weighted by Gasteiger charge is 2.28. The fourth-order valence-corrected chi connectivity index (χ4v) is 3.24. The fourth-order valence-electron chi connectivity index (χ4n) is 3.24. The van der Waals surface area contributed by atoms with Crippen LogP contribution in [0.25, 0.3) is 0 Å². The Balaban J connectivity index is 1.79. The lowest BCUT2D eigenvalue weighted by Crippen LogP contribution is -2.47. The van der Waals surface area contributed by atoms with E-state index in [9.17, 15) is 14.5 Å². The first kappa shape index (κ1) is 18.5. The first-order chi connectivity index (χ1) is 13.0. The maximum atomic E-state index is 14.2. The minimum absolute atomic E-state index is 0.0441. The van der Waals surface area contributed by atoms with Gasteiger partial charge >= 0.3 is 5.69 Å². The van der Waals surface area contributed by atoms with Gasteiger partial charge in [-0.05, 0) is 37.3 Å². The highest BCUT2D eigenvalue weighted by molar-refractivity contribution is 5.70. The molecule has 1 aliphatic heterocycles. The van der Waals surface area contributed by atoms with Gasteiger partial charge in [0.05, 0.1) is 28.9 Å². The molecular weight excluding hydrogens is 351 g/mol. The third-order valence-electron chi connectivity index (χ3n) is 4.50. The molecule has 7 nitrogen and oxygen atoms in total. The highest BCUT2D eigenvalue weighted by atomic mass is 19.1. The van der Waals surface area contributed by atoms with Crippen molar-refractivity contribution < 1.29 is 14.1 Å². The number of nitriles is 1. The molecule has 1 aliphatic rings. The highest BCUT2D eigenvalue weighted by Crippen LogP contribution is 2.37. The summed E-state index contributed by atoms with van der Waals surface area (Å²) >= 11 is 0. The lowest BCUT2D eigenvalue weighted by Gasteiger charge is -2.37. The van der Waals surface area contributed by atoms with Crippen molar-refractivity contribution in [1.29, 1.82) is 5.26 Å². The fraction of sp³-hybridized carbons (Fsp3) is 0.316. The van der Waals surface area contributed by atoms with Crippen LogP contribution in [-0.2, 0) is 0 Å². The average Bonchev–Trinajstić information content (AvgIpc) is 2.68. The van der Waals surface area contributed by atoms with Gasteiger partial charge in [-0.3, -0.25) is 10.1 Å². The molecule has 1 fully saturated rings. The lowest BCUT2D eigenvalue weighted by molar-refractivity contribution is -0.385. The molecule has 0 N–H and O–H groups in total. The molecule has 1 heterocycles. The van der Waals surface area contributed by atoms with E-state index in [0.29, 0.717) is 44.2 Å². The number of ether oxygens (including phenoxy) is 1. The van der Waals surface area contributed by atoms with E-state index >= 15 is 0 Å². The number of halogens is 1. The van der Waals surface area contributed by atoms with Gasteiger partial charge in [-0.1, -0.05) is 6.07 Å². The van der Waals surface area contributed by atoms with Gasteiger partial charge in [0.15, 0.2) is 5.75 Å². The minimum Gasteiger partial charge on any atom is -0.487 e. The summed E-state index contributed by atoms with van der Waals surface area (Å²) in [5, 5.41) is 20.4. The summed E-state index contributed by atoms with van der Waals surface area (Å²) in [6, 6.07) is 11.4. The van der Waals surface area contributed by atoms with Gasteiger partial charge in [0.1, 0.15) is 11.5 Å². The molecule has 8 heteroatoms. The smallest absolute Gasteiger partial charge is 0.333 e. The summed E-state index contributed by atoms with van der Waals surface area (Å²) in [7, 11) is 0. The molecular formula is C19H19FN4O3. The van der Waals surface area contributed by atoms with Crippen molar-refractivity contribution in [3.63, 3.8) is 0 Å². The molecule has 0 unspecified atom stereocenters. The zero-order valence-electron chi connectivity index (χ0n) is 14.9. The molecule has 2 aromatic carbocycles. The van der Waals surface area contributed by atoms with Crippen LogP contribution >= 0.6 is 0 Å². The van der Waals surface area contributed by atoms with Crippen molar-refractivity contribution >= 4 is 17.1 Å². The Labute approximate surface area is 156 Å². The summed E-state index contributed by atoms with van der Waals surface area (Å²) in [4.78, 5) is 14.9. The summed E-state index contributed by atoms with van der Waals surface area (Å²) < 4.78 is 19.6. The molecule has 0 bridgehead atoms. The number of hydrogen-bond acceptors (Lipinski definition) is 6. The van der Waals surface area contributed by atoms with Gasteiger partial charge in [0.2, 0.25) is 0 Å². The van der Waals surface area contributed by atoms with Crippen molar-refractivity contribution in [3.05, 3.63) is 57.9 Å². The first-order valence-electron chi connectivity index (χ1n) is 8.65. The van der Waals surface area contributed by atoms with E-state index in [1.165, 1.54) is 6.07 Å². The zero-order chi connectivity index (χ0) is 19.4. The quantitative estimate of drug-likeness (QED) is 0.593. The van der Waals surface area contributed by atoms with E-state index in [1.54, 1.807) is 37.3 Å².